The van der Waals surface area contributed by atoms with Crippen LogP contribution in [0.25, 0.3) is 20.7 Å². The molecule has 1 aliphatic rings. The highest BCUT2D eigenvalue weighted by molar-refractivity contribution is 7.99. The zero-order valence-corrected chi connectivity index (χ0v) is 15.5. The number of nitrogens with zero attached hydrogens (tertiary/aromatic N) is 6. The summed E-state index contributed by atoms with van der Waals surface area (Å²) < 4.78 is 8.18. The molecule has 3 aromatic heterocycles. The van der Waals surface area contributed by atoms with Gasteiger partial charge in [-0.3, -0.25) is 0 Å². The molecule has 7 nitrogen and oxygen atoms in total. The van der Waals surface area contributed by atoms with Gasteiger partial charge in [0.2, 0.25) is 5.16 Å². The number of aromatic nitrogens is 6. The molecule has 4 aromatic rings. The van der Waals surface area contributed by atoms with E-state index in [-0.39, 0.29) is 0 Å². The minimum Gasteiger partial charge on any atom is -0.497 e. The van der Waals surface area contributed by atoms with Crippen molar-refractivity contribution in [2.24, 2.45) is 0 Å². The van der Waals surface area contributed by atoms with Gasteiger partial charge in [-0.05, 0) is 70.9 Å². The smallest absolute Gasteiger partial charge is 0.215 e. The summed E-state index contributed by atoms with van der Waals surface area (Å²) >= 11 is 3.18. The summed E-state index contributed by atoms with van der Waals surface area (Å²) in [4.78, 5) is 10.0. The van der Waals surface area contributed by atoms with Crippen molar-refractivity contribution in [3.05, 3.63) is 36.7 Å². The molecule has 26 heavy (non-hydrogen) atoms. The molecule has 1 aliphatic carbocycles. The summed E-state index contributed by atoms with van der Waals surface area (Å²) in [6.07, 6.45) is 3.87. The standard InChI is InChI=1S/C17H14N6OS2/c1-24-12-6-2-10(3-7-12)14-8-13-15(25-14)16(19-9-18-13)26-17-20-21-22-23(17)11-4-5-11/h2-3,6-9,11H,4-5H2,1H3. The Balaban J connectivity index is 1.52. The molecule has 0 atom stereocenters. The molecule has 1 fully saturated rings. The van der Waals surface area contributed by atoms with Crippen molar-refractivity contribution in [1.29, 1.82) is 0 Å². The van der Waals surface area contributed by atoms with Crippen molar-refractivity contribution >= 4 is 33.3 Å². The zero-order chi connectivity index (χ0) is 17.5. The number of hydrogen-bond acceptors (Lipinski definition) is 8. The van der Waals surface area contributed by atoms with E-state index in [9.17, 15) is 0 Å². The highest BCUT2D eigenvalue weighted by atomic mass is 32.2. The first-order valence-corrected chi connectivity index (χ1v) is 9.80. The van der Waals surface area contributed by atoms with Gasteiger partial charge < -0.3 is 4.74 Å². The fourth-order valence-electron chi connectivity index (χ4n) is 2.69. The van der Waals surface area contributed by atoms with Crippen LogP contribution in [-0.2, 0) is 0 Å². The molecule has 0 bridgehead atoms. The number of fused-ring (bicyclic) bond motifs is 1. The first-order valence-electron chi connectivity index (χ1n) is 8.16. The average Bonchev–Trinajstić information content (AvgIpc) is 3.25. The Labute approximate surface area is 157 Å². The lowest BCUT2D eigenvalue weighted by Crippen LogP contribution is -1.98. The van der Waals surface area contributed by atoms with E-state index in [0.29, 0.717) is 6.04 Å². The molecule has 3 heterocycles. The molecule has 0 saturated heterocycles. The first kappa shape index (κ1) is 15.7. The molecule has 1 saturated carbocycles. The fourth-order valence-corrected chi connectivity index (χ4v) is 4.77. The van der Waals surface area contributed by atoms with Crippen LogP contribution < -0.4 is 4.74 Å². The van der Waals surface area contributed by atoms with E-state index in [1.54, 1.807) is 24.8 Å². The lowest BCUT2D eigenvalue weighted by Gasteiger charge is -2.02. The molecule has 0 aliphatic heterocycles. The highest BCUT2D eigenvalue weighted by Crippen LogP contribution is 2.41. The topological polar surface area (TPSA) is 78.6 Å². The molecule has 130 valence electrons. The molecular formula is C17H14N6OS2. The van der Waals surface area contributed by atoms with E-state index < -0.39 is 0 Å². The number of hydrogen-bond donors (Lipinski definition) is 0. The van der Waals surface area contributed by atoms with Crippen LogP contribution in [0, 0.1) is 0 Å². The summed E-state index contributed by atoms with van der Waals surface area (Å²) in [6.45, 7) is 0. The molecule has 0 spiro atoms. The minimum atomic E-state index is 0.433. The molecule has 0 unspecified atom stereocenters. The zero-order valence-electron chi connectivity index (χ0n) is 13.9. The Morgan fingerprint density at radius 1 is 1.19 bits per heavy atom. The van der Waals surface area contributed by atoms with Crippen molar-refractivity contribution in [3.8, 4) is 16.2 Å². The predicted octanol–water partition coefficient (Wildman–Crippen LogP) is 3.84. The SMILES string of the molecule is COc1ccc(-c2cc3ncnc(Sc4nnnn4C4CC4)c3s2)cc1. The maximum Gasteiger partial charge on any atom is 0.215 e. The average molecular weight is 382 g/mol. The number of rotatable bonds is 5. The maximum absolute atomic E-state index is 5.23. The van der Waals surface area contributed by atoms with E-state index in [1.807, 2.05) is 16.8 Å². The second kappa shape index (κ2) is 6.33. The molecule has 0 amide bonds. The minimum absolute atomic E-state index is 0.433. The molecule has 0 radical (unpaired) electrons. The normalized spacial score (nSPS) is 14.0. The van der Waals surface area contributed by atoms with Gasteiger partial charge in [0, 0.05) is 4.88 Å². The van der Waals surface area contributed by atoms with E-state index in [0.717, 1.165) is 49.4 Å². The van der Waals surface area contributed by atoms with Crippen molar-refractivity contribution in [1.82, 2.24) is 30.2 Å². The van der Waals surface area contributed by atoms with Crippen LogP contribution >= 0.6 is 23.1 Å². The number of benzene rings is 1. The molecular weight excluding hydrogens is 368 g/mol. The number of ether oxygens (including phenoxy) is 1. The van der Waals surface area contributed by atoms with E-state index in [1.165, 1.54) is 11.8 Å². The monoisotopic (exact) mass is 382 g/mol. The Morgan fingerprint density at radius 3 is 2.81 bits per heavy atom. The van der Waals surface area contributed by atoms with E-state index in [2.05, 4.69) is 43.7 Å². The second-order valence-corrected chi connectivity index (χ2v) is 7.98. The maximum atomic E-state index is 5.23. The van der Waals surface area contributed by atoms with Crippen LogP contribution in [-0.4, -0.2) is 37.3 Å². The molecule has 9 heteroatoms. The van der Waals surface area contributed by atoms with Gasteiger partial charge in [0.1, 0.15) is 17.1 Å². The van der Waals surface area contributed by atoms with Gasteiger partial charge in [0.15, 0.2) is 0 Å². The first-order chi connectivity index (χ1) is 12.8. The van der Waals surface area contributed by atoms with Crippen LogP contribution in [0.2, 0.25) is 0 Å². The van der Waals surface area contributed by atoms with Gasteiger partial charge in [-0.15, -0.1) is 16.4 Å². The van der Waals surface area contributed by atoms with Gasteiger partial charge in [-0.25, -0.2) is 14.6 Å². The van der Waals surface area contributed by atoms with Gasteiger partial charge in [0.25, 0.3) is 0 Å². The molecule has 1 aromatic carbocycles. The summed E-state index contributed by atoms with van der Waals surface area (Å²) in [5, 5.41) is 13.8. The Kier molecular flexibility index (Phi) is 3.83. The third kappa shape index (κ3) is 2.82. The van der Waals surface area contributed by atoms with Crippen LogP contribution in [0.3, 0.4) is 0 Å². The highest BCUT2D eigenvalue weighted by Gasteiger charge is 2.28. The van der Waals surface area contributed by atoms with Crippen LogP contribution in [0.1, 0.15) is 18.9 Å². The Bertz CT molecular complexity index is 1070. The van der Waals surface area contributed by atoms with Gasteiger partial charge in [0.05, 0.1) is 23.4 Å². The lowest BCUT2D eigenvalue weighted by molar-refractivity contribution is 0.415. The summed E-state index contributed by atoms with van der Waals surface area (Å²) in [7, 11) is 1.67. The molecule has 5 rings (SSSR count). The van der Waals surface area contributed by atoms with Crippen LogP contribution in [0.4, 0.5) is 0 Å². The lowest BCUT2D eigenvalue weighted by atomic mass is 10.2. The van der Waals surface area contributed by atoms with Crippen molar-refractivity contribution < 1.29 is 4.74 Å². The third-order valence-electron chi connectivity index (χ3n) is 4.20. The third-order valence-corrected chi connectivity index (χ3v) is 6.46. The molecule has 0 N–H and O–H groups in total. The number of thiophene rings is 1. The van der Waals surface area contributed by atoms with Crippen molar-refractivity contribution in [2.45, 2.75) is 29.1 Å². The van der Waals surface area contributed by atoms with E-state index in [4.69, 9.17) is 4.74 Å². The van der Waals surface area contributed by atoms with Crippen LogP contribution in [0.5, 0.6) is 5.75 Å². The van der Waals surface area contributed by atoms with E-state index >= 15 is 0 Å². The Morgan fingerprint density at radius 2 is 2.04 bits per heavy atom. The summed E-state index contributed by atoms with van der Waals surface area (Å²) in [5.41, 5.74) is 2.07. The number of methoxy groups -OCH3 is 1. The second-order valence-electron chi connectivity index (χ2n) is 5.97. The van der Waals surface area contributed by atoms with Gasteiger partial charge >= 0.3 is 0 Å². The fraction of sp³-hybridized carbons (Fsp3) is 0.235. The van der Waals surface area contributed by atoms with Crippen molar-refractivity contribution in [3.63, 3.8) is 0 Å². The predicted molar refractivity (Wildman–Crippen MR) is 99.6 cm³/mol. The van der Waals surface area contributed by atoms with Gasteiger partial charge in [-0.1, -0.05) is 0 Å². The summed E-state index contributed by atoms with van der Waals surface area (Å²) in [6, 6.07) is 10.6. The Hall–Kier alpha value is -2.52. The van der Waals surface area contributed by atoms with Gasteiger partial charge in [-0.2, -0.15) is 0 Å². The largest absolute Gasteiger partial charge is 0.497 e. The quantitative estimate of drug-likeness (QED) is 0.485. The summed E-state index contributed by atoms with van der Waals surface area (Å²) in [5.74, 6) is 0.845. The van der Waals surface area contributed by atoms with Crippen molar-refractivity contribution in [2.75, 3.05) is 7.11 Å². The number of tetrazole rings is 1. The van der Waals surface area contributed by atoms with Crippen LogP contribution in [0.15, 0.2) is 46.8 Å².